The number of nitrogens with zero attached hydrogens (tertiary/aromatic N) is 1. The second kappa shape index (κ2) is 9.86. The van der Waals surface area contributed by atoms with Gasteiger partial charge in [-0.15, -0.1) is 0 Å². The smallest absolute Gasteiger partial charge is 0.330 e. The van der Waals surface area contributed by atoms with E-state index in [1.54, 1.807) is 49.4 Å². The van der Waals surface area contributed by atoms with Crippen molar-refractivity contribution < 1.29 is 32.2 Å². The van der Waals surface area contributed by atoms with E-state index < -0.39 is 16.0 Å². The summed E-state index contributed by atoms with van der Waals surface area (Å²) >= 11 is 0. The standard InChI is InChI=1S/C23H25NO7S/c1-4-32(27,28)24-12-11-17-14-18(7-8-19(17)24)20(25)15-31-21-9-5-16(13-22(21)29-2)6-10-23(26)30-3/h5-10,13-14H,4,11-12,15H2,1-3H3/b10-6+. The first kappa shape index (κ1) is 23.3. The Bertz CT molecular complexity index is 1150. The Morgan fingerprint density at radius 3 is 2.56 bits per heavy atom. The molecular weight excluding hydrogens is 434 g/mol. The number of ether oxygens (including phenoxy) is 3. The van der Waals surface area contributed by atoms with E-state index >= 15 is 0 Å². The zero-order chi connectivity index (χ0) is 23.3. The first-order valence-corrected chi connectivity index (χ1v) is 11.6. The monoisotopic (exact) mass is 459 g/mol. The van der Waals surface area contributed by atoms with Crippen LogP contribution in [0.3, 0.4) is 0 Å². The van der Waals surface area contributed by atoms with Crippen LogP contribution in [0.4, 0.5) is 5.69 Å². The van der Waals surface area contributed by atoms with Crippen molar-refractivity contribution in [1.82, 2.24) is 0 Å². The molecule has 8 nitrogen and oxygen atoms in total. The molecule has 2 aromatic carbocycles. The summed E-state index contributed by atoms with van der Waals surface area (Å²) in [6.07, 6.45) is 3.43. The number of rotatable bonds is 9. The summed E-state index contributed by atoms with van der Waals surface area (Å²) in [6.45, 7) is 1.79. The molecule has 0 aliphatic carbocycles. The second-order valence-electron chi connectivity index (χ2n) is 7.04. The number of hydrogen-bond donors (Lipinski definition) is 0. The van der Waals surface area contributed by atoms with Crippen molar-refractivity contribution in [2.24, 2.45) is 0 Å². The topological polar surface area (TPSA) is 99.2 Å². The predicted molar refractivity (Wildman–Crippen MR) is 121 cm³/mol. The van der Waals surface area contributed by atoms with Gasteiger partial charge < -0.3 is 14.2 Å². The molecule has 0 fully saturated rings. The number of hydrogen-bond acceptors (Lipinski definition) is 7. The number of fused-ring (bicyclic) bond motifs is 1. The maximum atomic E-state index is 12.7. The number of sulfonamides is 1. The minimum absolute atomic E-state index is 0.0278. The van der Waals surface area contributed by atoms with E-state index in [1.165, 1.54) is 24.6 Å². The van der Waals surface area contributed by atoms with Gasteiger partial charge in [0.05, 0.1) is 25.7 Å². The van der Waals surface area contributed by atoms with Crippen molar-refractivity contribution in [2.75, 3.05) is 37.4 Å². The highest BCUT2D eigenvalue weighted by molar-refractivity contribution is 7.92. The minimum Gasteiger partial charge on any atom is -0.493 e. The van der Waals surface area contributed by atoms with Crippen LogP contribution in [0, 0.1) is 0 Å². The zero-order valence-corrected chi connectivity index (χ0v) is 19.0. The Morgan fingerprint density at radius 1 is 1.09 bits per heavy atom. The number of carbonyl (C=O) groups excluding carboxylic acids is 2. The summed E-state index contributed by atoms with van der Waals surface area (Å²) in [5.74, 6) is 0.123. The summed E-state index contributed by atoms with van der Waals surface area (Å²) < 4.78 is 41.4. The van der Waals surface area contributed by atoms with Gasteiger partial charge in [0, 0.05) is 18.2 Å². The zero-order valence-electron chi connectivity index (χ0n) is 18.2. The van der Waals surface area contributed by atoms with Crippen molar-refractivity contribution in [3.8, 4) is 11.5 Å². The number of methoxy groups -OCH3 is 2. The molecule has 32 heavy (non-hydrogen) atoms. The van der Waals surface area contributed by atoms with Crippen LogP contribution in [-0.4, -0.2) is 53.3 Å². The van der Waals surface area contributed by atoms with E-state index in [-0.39, 0.29) is 18.1 Å². The molecule has 2 aromatic rings. The van der Waals surface area contributed by atoms with Crippen molar-refractivity contribution in [3.63, 3.8) is 0 Å². The van der Waals surface area contributed by atoms with Crippen LogP contribution in [0.15, 0.2) is 42.5 Å². The van der Waals surface area contributed by atoms with Gasteiger partial charge in [0.15, 0.2) is 23.9 Å². The highest BCUT2D eigenvalue weighted by Gasteiger charge is 2.28. The number of carbonyl (C=O) groups is 2. The molecule has 0 saturated carbocycles. The fourth-order valence-corrected chi connectivity index (χ4v) is 4.51. The molecule has 1 aliphatic heterocycles. The number of ketones is 1. The van der Waals surface area contributed by atoms with Crippen LogP contribution < -0.4 is 13.8 Å². The van der Waals surface area contributed by atoms with Gasteiger partial charge in [-0.25, -0.2) is 13.2 Å². The Labute approximate surface area is 187 Å². The summed E-state index contributed by atoms with van der Waals surface area (Å²) in [6, 6.07) is 10.1. The van der Waals surface area contributed by atoms with E-state index in [1.807, 2.05) is 0 Å². The third kappa shape index (κ3) is 5.11. The molecule has 0 amide bonds. The third-order valence-corrected chi connectivity index (χ3v) is 6.89. The fourth-order valence-electron chi connectivity index (χ4n) is 3.36. The van der Waals surface area contributed by atoms with Gasteiger partial charge in [-0.1, -0.05) is 6.07 Å². The number of Topliss-reactive ketones (excluding diaryl/α,β-unsaturated/α-hetero) is 1. The molecule has 170 valence electrons. The molecule has 0 bridgehead atoms. The molecule has 3 rings (SSSR count). The van der Waals surface area contributed by atoms with Gasteiger partial charge in [0.2, 0.25) is 10.0 Å². The molecule has 0 N–H and O–H groups in total. The van der Waals surface area contributed by atoms with Crippen molar-refractivity contribution >= 4 is 33.5 Å². The number of benzene rings is 2. The van der Waals surface area contributed by atoms with Crippen LogP contribution in [0.25, 0.3) is 6.08 Å². The molecule has 0 saturated heterocycles. The summed E-state index contributed by atoms with van der Waals surface area (Å²) in [5, 5.41) is 0. The summed E-state index contributed by atoms with van der Waals surface area (Å²) in [4.78, 5) is 23.9. The molecule has 0 atom stereocenters. The molecule has 0 unspecified atom stereocenters. The van der Waals surface area contributed by atoms with Gasteiger partial charge in [0.1, 0.15) is 0 Å². The largest absolute Gasteiger partial charge is 0.493 e. The van der Waals surface area contributed by atoms with Crippen molar-refractivity contribution in [1.29, 1.82) is 0 Å². The van der Waals surface area contributed by atoms with Crippen LogP contribution in [-0.2, 0) is 26.0 Å². The maximum absolute atomic E-state index is 12.7. The number of esters is 1. The van der Waals surface area contributed by atoms with Gasteiger partial charge in [-0.3, -0.25) is 9.10 Å². The third-order valence-electron chi connectivity index (χ3n) is 5.11. The Morgan fingerprint density at radius 2 is 1.88 bits per heavy atom. The van der Waals surface area contributed by atoms with E-state index in [0.29, 0.717) is 41.3 Å². The molecule has 1 aliphatic rings. The van der Waals surface area contributed by atoms with Gasteiger partial charge in [-0.05, 0) is 60.9 Å². The average Bonchev–Trinajstić information content (AvgIpc) is 3.25. The molecule has 0 aromatic heterocycles. The van der Waals surface area contributed by atoms with Gasteiger partial charge in [-0.2, -0.15) is 0 Å². The van der Waals surface area contributed by atoms with E-state index in [4.69, 9.17) is 9.47 Å². The lowest BCUT2D eigenvalue weighted by Crippen LogP contribution is -2.30. The van der Waals surface area contributed by atoms with Crippen LogP contribution in [0.1, 0.15) is 28.4 Å². The van der Waals surface area contributed by atoms with Gasteiger partial charge >= 0.3 is 5.97 Å². The molecule has 0 spiro atoms. The lowest BCUT2D eigenvalue weighted by atomic mass is 10.1. The Hall–Kier alpha value is -3.33. The van der Waals surface area contributed by atoms with E-state index in [2.05, 4.69) is 4.74 Å². The van der Waals surface area contributed by atoms with E-state index in [0.717, 1.165) is 5.56 Å². The quantitative estimate of drug-likeness (QED) is 0.323. The molecule has 0 radical (unpaired) electrons. The van der Waals surface area contributed by atoms with Crippen LogP contribution in [0.5, 0.6) is 11.5 Å². The summed E-state index contributed by atoms with van der Waals surface area (Å²) in [7, 11) is -0.556. The summed E-state index contributed by atoms with van der Waals surface area (Å²) in [5.41, 5.74) is 2.61. The van der Waals surface area contributed by atoms with Crippen LogP contribution >= 0.6 is 0 Å². The normalized spacial score (nSPS) is 13.2. The minimum atomic E-state index is -3.33. The first-order chi connectivity index (χ1) is 15.3. The predicted octanol–water partition coefficient (Wildman–Crippen LogP) is 2.86. The SMILES string of the molecule is CCS(=O)(=O)N1CCc2cc(C(=O)COc3ccc(/C=C/C(=O)OC)cc3OC)ccc21. The fraction of sp³-hybridized carbons (Fsp3) is 0.304. The Kier molecular flexibility index (Phi) is 7.19. The highest BCUT2D eigenvalue weighted by atomic mass is 32.2. The van der Waals surface area contributed by atoms with E-state index in [9.17, 15) is 18.0 Å². The number of anilines is 1. The molecule has 9 heteroatoms. The maximum Gasteiger partial charge on any atom is 0.330 e. The van der Waals surface area contributed by atoms with Crippen molar-refractivity contribution in [3.05, 3.63) is 59.2 Å². The highest BCUT2D eigenvalue weighted by Crippen LogP contribution is 2.32. The van der Waals surface area contributed by atoms with Crippen molar-refractivity contribution in [2.45, 2.75) is 13.3 Å². The average molecular weight is 460 g/mol. The Balaban J connectivity index is 1.70. The van der Waals surface area contributed by atoms with Crippen LogP contribution in [0.2, 0.25) is 0 Å². The molecule has 1 heterocycles. The molecular formula is C23H25NO7S. The lowest BCUT2D eigenvalue weighted by Gasteiger charge is -2.18. The first-order valence-electron chi connectivity index (χ1n) is 10.0. The van der Waals surface area contributed by atoms with Gasteiger partial charge in [0.25, 0.3) is 0 Å². The second-order valence-corrected chi connectivity index (χ2v) is 9.23. The lowest BCUT2D eigenvalue weighted by molar-refractivity contribution is -0.134.